The van der Waals surface area contributed by atoms with Gasteiger partial charge in [0.1, 0.15) is 12.6 Å². The third-order valence-electron chi connectivity index (χ3n) is 2.99. The Balaban J connectivity index is 2.15. The van der Waals surface area contributed by atoms with Gasteiger partial charge in [-0.05, 0) is 19.3 Å². The lowest BCUT2D eigenvalue weighted by Gasteiger charge is -2.37. The molecule has 2 rings (SSSR count). The first kappa shape index (κ1) is 9.97. The summed E-state index contributed by atoms with van der Waals surface area (Å²) in [6.45, 7) is -0.207. The van der Waals surface area contributed by atoms with Crippen molar-refractivity contribution in [3.8, 4) is 6.07 Å². The molecule has 5 heteroatoms. The molecule has 0 aromatic rings. The normalized spacial score (nSPS) is 30.5. The number of imide groups is 1. The molecule has 1 heterocycles. The van der Waals surface area contributed by atoms with Gasteiger partial charge in [-0.15, -0.1) is 0 Å². The molecule has 80 valence electrons. The molecule has 2 aliphatic rings. The Kier molecular flexibility index (Phi) is 2.58. The maximum absolute atomic E-state index is 11.8. The average molecular weight is 208 g/mol. The Morgan fingerprint density at radius 3 is 2.87 bits per heavy atom. The van der Waals surface area contributed by atoms with Gasteiger partial charge < -0.3 is 4.74 Å². The van der Waals surface area contributed by atoms with Gasteiger partial charge in [-0.2, -0.15) is 5.26 Å². The second-order valence-corrected chi connectivity index (χ2v) is 3.90. The van der Waals surface area contributed by atoms with E-state index in [2.05, 4.69) is 0 Å². The number of ether oxygens (including phenoxy) is 1. The van der Waals surface area contributed by atoms with Gasteiger partial charge >= 0.3 is 6.09 Å². The molecule has 1 aliphatic carbocycles. The molecule has 0 aromatic heterocycles. The first-order valence-electron chi connectivity index (χ1n) is 5.13. The number of fused-ring (bicyclic) bond motifs is 1. The molecule has 15 heavy (non-hydrogen) atoms. The third kappa shape index (κ3) is 1.67. The van der Waals surface area contributed by atoms with Crippen LogP contribution in [0.2, 0.25) is 0 Å². The van der Waals surface area contributed by atoms with Crippen molar-refractivity contribution in [1.29, 1.82) is 5.26 Å². The van der Waals surface area contributed by atoms with E-state index in [9.17, 15) is 9.59 Å². The topological polar surface area (TPSA) is 70.4 Å². The monoisotopic (exact) mass is 208 g/mol. The largest absolute Gasteiger partial charge is 0.445 e. The van der Waals surface area contributed by atoms with Gasteiger partial charge in [-0.1, -0.05) is 6.42 Å². The second-order valence-electron chi connectivity index (χ2n) is 3.90. The van der Waals surface area contributed by atoms with Gasteiger partial charge in [0.2, 0.25) is 5.91 Å². The molecule has 1 saturated heterocycles. The SMILES string of the molecule is N#CCN1C(=O)OC2CCCCC2C1=O. The van der Waals surface area contributed by atoms with Crippen molar-refractivity contribution in [1.82, 2.24) is 4.90 Å². The zero-order chi connectivity index (χ0) is 10.8. The fourth-order valence-electron chi connectivity index (χ4n) is 2.22. The quantitative estimate of drug-likeness (QED) is 0.604. The van der Waals surface area contributed by atoms with E-state index >= 15 is 0 Å². The standard InChI is InChI=1S/C10H12N2O3/c11-5-6-12-9(13)7-3-1-2-4-8(7)15-10(12)14/h7-8H,1-4,6H2. The number of nitrogens with zero attached hydrogens (tertiary/aromatic N) is 2. The van der Waals surface area contributed by atoms with Crippen molar-refractivity contribution in [2.45, 2.75) is 31.8 Å². The van der Waals surface area contributed by atoms with E-state index in [0.717, 1.165) is 30.6 Å². The molecule has 2 unspecified atom stereocenters. The van der Waals surface area contributed by atoms with E-state index in [1.165, 1.54) is 0 Å². The summed E-state index contributed by atoms with van der Waals surface area (Å²) in [6, 6.07) is 1.80. The van der Waals surface area contributed by atoms with Crippen LogP contribution in [-0.2, 0) is 9.53 Å². The Hall–Kier alpha value is -1.57. The van der Waals surface area contributed by atoms with Crippen molar-refractivity contribution in [3.63, 3.8) is 0 Å². The highest BCUT2D eigenvalue weighted by Crippen LogP contribution is 2.32. The average Bonchev–Trinajstić information content (AvgIpc) is 2.24. The second kappa shape index (κ2) is 3.89. The molecule has 5 nitrogen and oxygen atoms in total. The van der Waals surface area contributed by atoms with E-state index in [-0.39, 0.29) is 24.5 Å². The molecule has 2 amide bonds. The molecule has 1 aliphatic heterocycles. The minimum absolute atomic E-state index is 0.207. The van der Waals surface area contributed by atoms with Crippen LogP contribution in [0.4, 0.5) is 4.79 Å². The maximum Gasteiger partial charge on any atom is 0.417 e. The van der Waals surface area contributed by atoms with E-state index < -0.39 is 6.09 Å². The Labute approximate surface area is 87.6 Å². The highest BCUT2D eigenvalue weighted by molar-refractivity contribution is 5.96. The van der Waals surface area contributed by atoms with Crippen LogP contribution < -0.4 is 0 Å². The summed E-state index contributed by atoms with van der Waals surface area (Å²) >= 11 is 0. The summed E-state index contributed by atoms with van der Waals surface area (Å²) in [4.78, 5) is 24.1. The van der Waals surface area contributed by atoms with Crippen LogP contribution in [-0.4, -0.2) is 29.5 Å². The van der Waals surface area contributed by atoms with Gasteiger partial charge in [0.15, 0.2) is 0 Å². The summed E-state index contributed by atoms with van der Waals surface area (Å²) in [5, 5.41) is 8.50. The first-order chi connectivity index (χ1) is 7.24. The predicted octanol–water partition coefficient (Wildman–Crippen LogP) is 1.05. The lowest BCUT2D eigenvalue weighted by atomic mass is 9.84. The first-order valence-corrected chi connectivity index (χ1v) is 5.13. The Bertz CT molecular complexity index is 334. The number of nitriles is 1. The molecular weight excluding hydrogens is 196 g/mol. The van der Waals surface area contributed by atoms with Gasteiger partial charge in [0.25, 0.3) is 0 Å². The van der Waals surface area contributed by atoms with Crippen LogP contribution in [0.5, 0.6) is 0 Å². The lowest BCUT2D eigenvalue weighted by molar-refractivity contribution is -0.146. The summed E-state index contributed by atoms with van der Waals surface area (Å²) in [7, 11) is 0. The number of carbonyl (C=O) groups is 2. The van der Waals surface area contributed by atoms with Crippen molar-refractivity contribution >= 4 is 12.0 Å². The highest BCUT2D eigenvalue weighted by atomic mass is 16.6. The van der Waals surface area contributed by atoms with Crippen molar-refractivity contribution < 1.29 is 14.3 Å². The number of hydrogen-bond donors (Lipinski definition) is 0. The molecule has 1 saturated carbocycles. The van der Waals surface area contributed by atoms with Crippen LogP contribution >= 0.6 is 0 Å². The number of carbonyl (C=O) groups excluding carboxylic acids is 2. The number of amides is 2. The third-order valence-corrected chi connectivity index (χ3v) is 2.99. The zero-order valence-corrected chi connectivity index (χ0v) is 8.31. The zero-order valence-electron chi connectivity index (χ0n) is 8.31. The Morgan fingerprint density at radius 2 is 2.13 bits per heavy atom. The molecule has 2 atom stereocenters. The van der Waals surface area contributed by atoms with Gasteiger partial charge in [0.05, 0.1) is 12.0 Å². The molecule has 0 bridgehead atoms. The van der Waals surface area contributed by atoms with E-state index in [1.54, 1.807) is 6.07 Å². The van der Waals surface area contributed by atoms with Crippen LogP contribution in [0.3, 0.4) is 0 Å². The van der Waals surface area contributed by atoms with Crippen molar-refractivity contribution in [2.24, 2.45) is 5.92 Å². The number of rotatable bonds is 1. The van der Waals surface area contributed by atoms with E-state index in [1.807, 2.05) is 0 Å². The molecule has 0 spiro atoms. The molecule has 2 fully saturated rings. The smallest absolute Gasteiger partial charge is 0.417 e. The molecule has 0 radical (unpaired) electrons. The van der Waals surface area contributed by atoms with Crippen molar-refractivity contribution in [3.05, 3.63) is 0 Å². The summed E-state index contributed by atoms with van der Waals surface area (Å²) in [5.41, 5.74) is 0. The molecular formula is C10H12N2O3. The molecule has 0 N–H and O–H groups in total. The minimum Gasteiger partial charge on any atom is -0.445 e. The minimum atomic E-state index is -0.662. The molecule has 0 aromatic carbocycles. The summed E-state index contributed by atoms with van der Waals surface area (Å²) in [6.07, 6.45) is 2.60. The fraction of sp³-hybridized carbons (Fsp3) is 0.700. The van der Waals surface area contributed by atoms with E-state index in [4.69, 9.17) is 10.00 Å². The van der Waals surface area contributed by atoms with Gasteiger partial charge in [0, 0.05) is 0 Å². The highest BCUT2D eigenvalue weighted by Gasteiger charge is 2.43. The van der Waals surface area contributed by atoms with Crippen molar-refractivity contribution in [2.75, 3.05) is 6.54 Å². The number of hydrogen-bond acceptors (Lipinski definition) is 4. The van der Waals surface area contributed by atoms with Gasteiger partial charge in [-0.25, -0.2) is 9.69 Å². The predicted molar refractivity (Wildman–Crippen MR) is 49.6 cm³/mol. The summed E-state index contributed by atoms with van der Waals surface area (Å²) < 4.78 is 5.14. The van der Waals surface area contributed by atoms with Crippen LogP contribution in [0, 0.1) is 17.2 Å². The van der Waals surface area contributed by atoms with Crippen LogP contribution in [0.15, 0.2) is 0 Å². The fourth-order valence-corrected chi connectivity index (χ4v) is 2.22. The van der Waals surface area contributed by atoms with Crippen LogP contribution in [0.25, 0.3) is 0 Å². The lowest BCUT2D eigenvalue weighted by Crippen LogP contribution is -2.53. The Morgan fingerprint density at radius 1 is 1.40 bits per heavy atom. The van der Waals surface area contributed by atoms with Crippen LogP contribution in [0.1, 0.15) is 25.7 Å². The summed E-state index contributed by atoms with van der Waals surface area (Å²) in [5.74, 6) is -0.456. The van der Waals surface area contributed by atoms with Gasteiger partial charge in [-0.3, -0.25) is 4.79 Å². The maximum atomic E-state index is 11.8. The van der Waals surface area contributed by atoms with E-state index in [0.29, 0.717) is 0 Å².